The lowest BCUT2D eigenvalue weighted by Crippen LogP contribution is -2.11. The van der Waals surface area contributed by atoms with Crippen LogP contribution < -0.4 is 14.7 Å². The maximum atomic E-state index is 9.64. The SMILES string of the molecule is [2H]C(c1ccc(N(C)C)cc1)(c1ccc(N(C)C)cc1)c1ccc(N(C)C)cc1. The van der Waals surface area contributed by atoms with Gasteiger partial charge in [0.2, 0.25) is 0 Å². The zero-order valence-corrected chi connectivity index (χ0v) is 17.8. The van der Waals surface area contributed by atoms with Gasteiger partial charge in [0.15, 0.2) is 0 Å². The van der Waals surface area contributed by atoms with Crippen molar-refractivity contribution in [2.45, 2.75) is 5.89 Å². The van der Waals surface area contributed by atoms with Crippen LogP contribution in [0.5, 0.6) is 0 Å². The van der Waals surface area contributed by atoms with Crippen molar-refractivity contribution in [1.82, 2.24) is 0 Å². The molecule has 0 N–H and O–H groups in total. The third-order valence-corrected chi connectivity index (χ3v) is 5.02. The van der Waals surface area contributed by atoms with E-state index in [0.717, 1.165) is 33.8 Å². The van der Waals surface area contributed by atoms with Crippen LogP contribution in [0.15, 0.2) is 72.8 Å². The molecule has 0 bridgehead atoms. The lowest BCUT2D eigenvalue weighted by atomic mass is 9.85. The van der Waals surface area contributed by atoms with Gasteiger partial charge in [-0.25, -0.2) is 0 Å². The Morgan fingerprint density at radius 3 is 0.857 bits per heavy atom. The van der Waals surface area contributed by atoms with E-state index >= 15 is 0 Å². The standard InChI is InChI=1S/C25H31N3/c1-26(2)22-13-7-19(8-14-22)25(20-9-15-23(16-10-20)27(3)4)21-11-17-24(18-12-21)28(5)6/h7-18,25H,1-6H3/i25D. The molecule has 3 aromatic carbocycles. The van der Waals surface area contributed by atoms with Crippen molar-refractivity contribution in [3.05, 3.63) is 89.5 Å². The number of hydrogen-bond donors (Lipinski definition) is 0. The summed E-state index contributed by atoms with van der Waals surface area (Å²) < 4.78 is 9.64. The van der Waals surface area contributed by atoms with Gasteiger partial charge in [-0.05, 0) is 53.1 Å². The Morgan fingerprint density at radius 1 is 0.464 bits per heavy atom. The van der Waals surface area contributed by atoms with Crippen LogP contribution in [0.25, 0.3) is 0 Å². The number of hydrogen-bond acceptors (Lipinski definition) is 3. The van der Waals surface area contributed by atoms with Gasteiger partial charge in [-0.1, -0.05) is 36.4 Å². The van der Waals surface area contributed by atoms with Crippen LogP contribution >= 0.6 is 0 Å². The van der Waals surface area contributed by atoms with Gasteiger partial charge < -0.3 is 14.7 Å². The van der Waals surface area contributed by atoms with E-state index in [2.05, 4.69) is 87.5 Å². The Balaban J connectivity index is 2.14. The molecule has 0 aliphatic carbocycles. The van der Waals surface area contributed by atoms with E-state index in [4.69, 9.17) is 0 Å². The molecular weight excluding hydrogens is 342 g/mol. The number of anilines is 3. The Kier molecular flexibility index (Phi) is 5.52. The summed E-state index contributed by atoms with van der Waals surface area (Å²) >= 11 is 0. The molecule has 0 aromatic heterocycles. The molecular formula is C25H31N3. The third kappa shape index (κ3) is 4.30. The first kappa shape index (κ1) is 18.4. The fraction of sp³-hybridized carbons (Fsp3) is 0.280. The highest BCUT2D eigenvalue weighted by Crippen LogP contribution is 2.34. The molecule has 0 saturated heterocycles. The fourth-order valence-corrected chi connectivity index (χ4v) is 3.28. The van der Waals surface area contributed by atoms with E-state index in [1.807, 2.05) is 42.3 Å². The largest absolute Gasteiger partial charge is 0.378 e. The summed E-state index contributed by atoms with van der Waals surface area (Å²) in [5.41, 5.74) is 6.25. The van der Waals surface area contributed by atoms with Gasteiger partial charge in [-0.2, -0.15) is 0 Å². The predicted molar refractivity (Wildman–Crippen MR) is 123 cm³/mol. The first-order valence-corrected chi connectivity index (χ1v) is 9.57. The van der Waals surface area contributed by atoms with E-state index in [9.17, 15) is 1.37 Å². The van der Waals surface area contributed by atoms with Crippen LogP contribution in [-0.2, 0) is 0 Å². The van der Waals surface area contributed by atoms with Crippen molar-refractivity contribution in [2.75, 3.05) is 57.0 Å². The van der Waals surface area contributed by atoms with E-state index in [1.54, 1.807) is 0 Å². The molecule has 0 unspecified atom stereocenters. The molecule has 3 heteroatoms. The highest BCUT2D eigenvalue weighted by Gasteiger charge is 2.17. The summed E-state index contributed by atoms with van der Waals surface area (Å²) in [4.78, 5) is 6.23. The van der Waals surface area contributed by atoms with Crippen molar-refractivity contribution < 1.29 is 1.37 Å². The third-order valence-electron chi connectivity index (χ3n) is 5.02. The Hall–Kier alpha value is -2.94. The van der Waals surface area contributed by atoms with E-state index in [1.165, 1.54) is 0 Å². The van der Waals surface area contributed by atoms with Crippen LogP contribution in [0, 0.1) is 0 Å². The molecule has 0 heterocycles. The first-order valence-electron chi connectivity index (χ1n) is 10.1. The van der Waals surface area contributed by atoms with Gasteiger partial charge in [0.05, 0.1) is 0 Å². The summed E-state index contributed by atoms with van der Waals surface area (Å²) in [5.74, 6) is -0.986. The predicted octanol–water partition coefficient (Wildman–Crippen LogP) is 5.06. The molecule has 0 amide bonds. The molecule has 0 atom stereocenters. The second-order valence-corrected chi connectivity index (χ2v) is 7.70. The lowest BCUT2D eigenvalue weighted by Gasteiger charge is -2.22. The quantitative estimate of drug-likeness (QED) is 0.558. The Bertz CT molecular complexity index is 802. The highest BCUT2D eigenvalue weighted by molar-refractivity contribution is 5.55. The van der Waals surface area contributed by atoms with Crippen molar-refractivity contribution >= 4 is 17.1 Å². The molecule has 3 aromatic rings. The average Bonchev–Trinajstić information content (AvgIpc) is 2.73. The normalized spacial score (nSPS) is 11.7. The smallest absolute Gasteiger partial charge is 0.0452 e. The zero-order chi connectivity index (χ0) is 21.2. The average molecular weight is 375 g/mol. The van der Waals surface area contributed by atoms with Gasteiger partial charge in [-0.3, -0.25) is 0 Å². The van der Waals surface area contributed by atoms with Gasteiger partial charge in [0, 0.05) is 66.6 Å². The van der Waals surface area contributed by atoms with Crippen molar-refractivity contribution in [3.63, 3.8) is 0 Å². The number of nitrogens with zero attached hydrogens (tertiary/aromatic N) is 3. The monoisotopic (exact) mass is 374 g/mol. The van der Waals surface area contributed by atoms with Gasteiger partial charge in [-0.15, -0.1) is 0 Å². The second-order valence-electron chi connectivity index (χ2n) is 7.70. The van der Waals surface area contributed by atoms with E-state index < -0.39 is 5.89 Å². The molecule has 3 nitrogen and oxygen atoms in total. The van der Waals surface area contributed by atoms with Crippen LogP contribution in [0.2, 0.25) is 0 Å². The summed E-state index contributed by atoms with van der Waals surface area (Å²) in [6, 6.07) is 24.9. The maximum Gasteiger partial charge on any atom is 0.0452 e. The van der Waals surface area contributed by atoms with Gasteiger partial charge >= 0.3 is 0 Å². The summed E-state index contributed by atoms with van der Waals surface area (Å²) in [6.07, 6.45) is 0. The van der Waals surface area contributed by atoms with Crippen LogP contribution in [0.3, 0.4) is 0 Å². The van der Waals surface area contributed by atoms with Crippen molar-refractivity contribution in [1.29, 1.82) is 0 Å². The summed E-state index contributed by atoms with van der Waals surface area (Å²) in [7, 11) is 12.2. The minimum Gasteiger partial charge on any atom is -0.378 e. The molecule has 0 aliphatic rings. The number of rotatable bonds is 6. The molecule has 0 aliphatic heterocycles. The van der Waals surface area contributed by atoms with Crippen molar-refractivity contribution in [3.8, 4) is 0 Å². The minimum atomic E-state index is -0.986. The Morgan fingerprint density at radius 2 is 0.679 bits per heavy atom. The molecule has 0 spiro atoms. The van der Waals surface area contributed by atoms with E-state index in [0.29, 0.717) is 0 Å². The Labute approximate surface area is 171 Å². The molecule has 0 fully saturated rings. The molecule has 0 radical (unpaired) electrons. The van der Waals surface area contributed by atoms with Crippen LogP contribution in [0.4, 0.5) is 17.1 Å². The van der Waals surface area contributed by atoms with Gasteiger partial charge in [0.1, 0.15) is 0 Å². The zero-order valence-electron chi connectivity index (χ0n) is 18.8. The van der Waals surface area contributed by atoms with Gasteiger partial charge in [0.25, 0.3) is 0 Å². The highest BCUT2D eigenvalue weighted by atomic mass is 15.1. The number of benzene rings is 3. The molecule has 0 saturated carbocycles. The lowest BCUT2D eigenvalue weighted by molar-refractivity contribution is 0.971. The minimum absolute atomic E-state index is 0.957. The summed E-state index contributed by atoms with van der Waals surface area (Å²) in [5, 5.41) is 0. The summed E-state index contributed by atoms with van der Waals surface area (Å²) in [6.45, 7) is 0. The maximum absolute atomic E-state index is 9.64. The van der Waals surface area contributed by atoms with Crippen molar-refractivity contribution in [2.24, 2.45) is 0 Å². The first-order chi connectivity index (χ1) is 13.7. The topological polar surface area (TPSA) is 9.72 Å². The molecule has 3 rings (SSSR count). The van der Waals surface area contributed by atoms with Crippen LogP contribution in [-0.4, -0.2) is 42.3 Å². The molecule has 146 valence electrons. The molecule has 28 heavy (non-hydrogen) atoms. The van der Waals surface area contributed by atoms with E-state index in [-0.39, 0.29) is 0 Å². The van der Waals surface area contributed by atoms with Crippen LogP contribution in [0.1, 0.15) is 24.0 Å². The fourth-order valence-electron chi connectivity index (χ4n) is 3.28. The second kappa shape index (κ2) is 8.39.